The van der Waals surface area contributed by atoms with Crippen molar-refractivity contribution in [3.8, 4) is 0 Å². The molecule has 2 rings (SSSR count). The lowest BCUT2D eigenvalue weighted by Crippen LogP contribution is -1.89. The van der Waals surface area contributed by atoms with E-state index in [9.17, 15) is 0 Å². The zero-order chi connectivity index (χ0) is 11.0. The fourth-order valence-corrected chi connectivity index (χ4v) is 4.27. The van der Waals surface area contributed by atoms with Crippen LogP contribution in [0.2, 0.25) is 0 Å². The molecule has 0 aromatic carbocycles. The fourth-order valence-electron chi connectivity index (χ4n) is 1.33. The van der Waals surface area contributed by atoms with Gasteiger partial charge in [-0.15, -0.1) is 11.3 Å². The predicted molar refractivity (Wildman–Crippen MR) is 73.9 cm³/mol. The minimum atomic E-state index is 0.117. The maximum Gasteiger partial charge on any atom is 0.169 e. The molecular formula is C10H7Br3OS. The SMILES string of the molecule is Cc1sc(Br)cc1C(Br)c1ccc(Br)o1. The van der Waals surface area contributed by atoms with Crippen LogP contribution >= 0.6 is 59.1 Å². The number of rotatable bonds is 2. The second kappa shape index (κ2) is 4.73. The molecule has 0 amide bonds. The first-order valence-electron chi connectivity index (χ1n) is 4.23. The normalized spacial score (nSPS) is 13.1. The van der Waals surface area contributed by atoms with Crippen molar-refractivity contribution in [1.29, 1.82) is 0 Å². The van der Waals surface area contributed by atoms with E-state index in [0.29, 0.717) is 0 Å². The molecule has 1 nitrogen and oxygen atoms in total. The number of hydrogen-bond donors (Lipinski definition) is 0. The van der Waals surface area contributed by atoms with Gasteiger partial charge in [0, 0.05) is 4.88 Å². The number of halogens is 3. The van der Waals surface area contributed by atoms with Crippen LogP contribution in [0.4, 0.5) is 0 Å². The van der Waals surface area contributed by atoms with E-state index in [1.54, 1.807) is 11.3 Å². The van der Waals surface area contributed by atoms with Crippen molar-refractivity contribution in [1.82, 2.24) is 0 Å². The van der Waals surface area contributed by atoms with Crippen LogP contribution in [0.5, 0.6) is 0 Å². The Morgan fingerprint density at radius 3 is 2.53 bits per heavy atom. The first-order valence-corrected chi connectivity index (χ1v) is 7.55. The van der Waals surface area contributed by atoms with Gasteiger partial charge in [0.2, 0.25) is 0 Å². The van der Waals surface area contributed by atoms with Crippen LogP contribution in [0.25, 0.3) is 0 Å². The van der Waals surface area contributed by atoms with E-state index in [1.165, 1.54) is 10.4 Å². The van der Waals surface area contributed by atoms with Gasteiger partial charge in [-0.1, -0.05) is 15.9 Å². The molecule has 1 atom stereocenters. The molecule has 0 saturated heterocycles. The molecular weight excluding hydrogens is 408 g/mol. The zero-order valence-corrected chi connectivity index (χ0v) is 13.3. The monoisotopic (exact) mass is 412 g/mol. The number of thiophene rings is 1. The van der Waals surface area contributed by atoms with Crippen molar-refractivity contribution in [2.75, 3.05) is 0 Å². The maximum atomic E-state index is 5.52. The third kappa shape index (κ3) is 2.57. The van der Waals surface area contributed by atoms with Crippen LogP contribution < -0.4 is 0 Å². The Balaban J connectivity index is 2.35. The smallest absolute Gasteiger partial charge is 0.169 e. The minimum absolute atomic E-state index is 0.117. The van der Waals surface area contributed by atoms with E-state index < -0.39 is 0 Å². The van der Waals surface area contributed by atoms with Crippen molar-refractivity contribution in [2.24, 2.45) is 0 Å². The Morgan fingerprint density at radius 1 is 1.33 bits per heavy atom. The molecule has 0 aliphatic heterocycles. The van der Waals surface area contributed by atoms with Gasteiger partial charge >= 0.3 is 0 Å². The second-order valence-corrected chi connectivity index (χ2v) is 7.40. The summed E-state index contributed by atoms with van der Waals surface area (Å²) >= 11 is 12.2. The van der Waals surface area contributed by atoms with Gasteiger partial charge in [0.25, 0.3) is 0 Å². The largest absolute Gasteiger partial charge is 0.453 e. The third-order valence-corrected chi connectivity index (χ3v) is 4.98. The van der Waals surface area contributed by atoms with Crippen molar-refractivity contribution >= 4 is 59.1 Å². The van der Waals surface area contributed by atoms with Crippen molar-refractivity contribution in [2.45, 2.75) is 11.8 Å². The van der Waals surface area contributed by atoms with Crippen molar-refractivity contribution < 1.29 is 4.42 Å². The summed E-state index contributed by atoms with van der Waals surface area (Å²) in [6.07, 6.45) is 0. The van der Waals surface area contributed by atoms with Crippen LogP contribution in [-0.4, -0.2) is 0 Å². The summed E-state index contributed by atoms with van der Waals surface area (Å²) in [5.41, 5.74) is 1.24. The van der Waals surface area contributed by atoms with Gasteiger partial charge in [0.05, 0.1) is 8.61 Å². The van der Waals surface area contributed by atoms with Gasteiger partial charge in [-0.2, -0.15) is 0 Å². The second-order valence-electron chi connectivity index (χ2n) is 3.07. The first-order chi connectivity index (χ1) is 7.08. The highest BCUT2D eigenvalue weighted by atomic mass is 79.9. The molecule has 5 heteroatoms. The van der Waals surface area contributed by atoms with E-state index >= 15 is 0 Å². The number of alkyl halides is 1. The molecule has 0 aliphatic rings. The highest BCUT2D eigenvalue weighted by Crippen LogP contribution is 2.39. The van der Waals surface area contributed by atoms with Crippen LogP contribution in [0.1, 0.15) is 21.0 Å². The molecule has 80 valence electrons. The number of hydrogen-bond acceptors (Lipinski definition) is 2. The van der Waals surface area contributed by atoms with Gasteiger partial charge in [0.1, 0.15) is 5.76 Å². The van der Waals surface area contributed by atoms with E-state index in [2.05, 4.69) is 60.8 Å². The molecule has 2 heterocycles. The van der Waals surface area contributed by atoms with Crippen molar-refractivity contribution in [3.63, 3.8) is 0 Å². The summed E-state index contributed by atoms with van der Waals surface area (Å²) in [7, 11) is 0. The van der Waals surface area contributed by atoms with E-state index in [4.69, 9.17) is 4.42 Å². The topological polar surface area (TPSA) is 13.1 Å². The average Bonchev–Trinajstić information content (AvgIpc) is 2.71. The van der Waals surface area contributed by atoms with Crippen LogP contribution in [0, 0.1) is 6.92 Å². The molecule has 2 aromatic rings. The molecule has 0 saturated carbocycles. The molecule has 2 aromatic heterocycles. The Kier molecular flexibility index (Phi) is 3.75. The summed E-state index contributed by atoms with van der Waals surface area (Å²) in [6.45, 7) is 2.11. The molecule has 0 fully saturated rings. The Hall–Kier alpha value is 0.420. The zero-order valence-electron chi connectivity index (χ0n) is 7.76. The van der Waals surface area contributed by atoms with Gasteiger partial charge in [-0.25, -0.2) is 0 Å². The average molecular weight is 415 g/mol. The van der Waals surface area contributed by atoms with Crippen LogP contribution in [0.15, 0.2) is 31.1 Å². The highest BCUT2D eigenvalue weighted by Gasteiger charge is 2.18. The third-order valence-electron chi connectivity index (χ3n) is 2.04. The lowest BCUT2D eigenvalue weighted by Gasteiger charge is -2.05. The molecule has 0 N–H and O–H groups in total. The van der Waals surface area contributed by atoms with Gasteiger partial charge < -0.3 is 4.42 Å². The number of aryl methyl sites for hydroxylation is 1. The van der Waals surface area contributed by atoms with Crippen LogP contribution in [0.3, 0.4) is 0 Å². The van der Waals surface area contributed by atoms with Gasteiger partial charge in [-0.3, -0.25) is 0 Å². The van der Waals surface area contributed by atoms with Crippen LogP contribution in [-0.2, 0) is 0 Å². The maximum absolute atomic E-state index is 5.52. The summed E-state index contributed by atoms with van der Waals surface area (Å²) < 4.78 is 7.42. The van der Waals surface area contributed by atoms with Gasteiger partial charge in [-0.05, 0) is 62.5 Å². The quantitative estimate of drug-likeness (QED) is 0.578. The molecule has 0 spiro atoms. The van der Waals surface area contributed by atoms with Crippen molar-refractivity contribution in [3.05, 3.63) is 42.9 Å². The lowest BCUT2D eigenvalue weighted by molar-refractivity contribution is 0.497. The summed E-state index contributed by atoms with van der Waals surface area (Å²) in [5.74, 6) is 0.912. The lowest BCUT2D eigenvalue weighted by atomic mass is 10.1. The predicted octanol–water partition coefficient (Wildman–Crippen LogP) is 5.66. The Morgan fingerprint density at radius 2 is 2.07 bits per heavy atom. The molecule has 1 unspecified atom stereocenters. The van der Waals surface area contributed by atoms with E-state index in [1.807, 2.05) is 12.1 Å². The summed E-state index contributed by atoms with van der Waals surface area (Å²) in [4.78, 5) is 1.41. The molecule has 0 aliphatic carbocycles. The van der Waals surface area contributed by atoms with E-state index in [-0.39, 0.29) is 4.83 Å². The Bertz CT molecular complexity index is 475. The standard InChI is InChI=1S/C10H7Br3OS/c1-5-6(4-9(12)15-5)10(13)7-2-3-8(11)14-7/h2-4,10H,1H3. The Labute approximate surface area is 117 Å². The highest BCUT2D eigenvalue weighted by molar-refractivity contribution is 9.11. The van der Waals surface area contributed by atoms with Gasteiger partial charge in [0.15, 0.2) is 4.67 Å². The summed E-state index contributed by atoms with van der Waals surface area (Å²) in [6, 6.07) is 5.99. The fraction of sp³-hybridized carbons (Fsp3) is 0.200. The minimum Gasteiger partial charge on any atom is -0.453 e. The molecule has 15 heavy (non-hydrogen) atoms. The molecule has 0 radical (unpaired) electrons. The number of furan rings is 1. The van der Waals surface area contributed by atoms with E-state index in [0.717, 1.165) is 14.2 Å². The molecule has 0 bridgehead atoms. The first kappa shape index (κ1) is 11.9. The summed E-state index contributed by atoms with van der Waals surface area (Å²) in [5, 5.41) is 0.